The molecule has 4 heteroatoms. The van der Waals surface area contributed by atoms with Crippen molar-refractivity contribution >= 4 is 16.5 Å². The number of nitrogens with two attached hydrogens (primary N) is 1. The minimum Gasteiger partial charge on any atom is -0.497 e. The molecule has 0 unspecified atom stereocenters. The van der Waals surface area contributed by atoms with Crippen LogP contribution in [0.5, 0.6) is 5.75 Å². The Morgan fingerprint density at radius 2 is 1.90 bits per heavy atom. The van der Waals surface area contributed by atoms with E-state index in [0.29, 0.717) is 5.69 Å². The highest BCUT2D eigenvalue weighted by atomic mass is 16.5. The zero-order chi connectivity index (χ0) is 14.8. The first-order valence-electron chi connectivity index (χ1n) is 6.92. The maximum atomic E-state index is 5.88. The standard InChI is InChI=1S/C17H17N3O/c1-3-16-14-8-7-13(21-2)10-15(14)17(20-19-16)11-5-4-6-12(18)9-11/h4-10H,3,18H2,1-2H3. The molecule has 0 saturated heterocycles. The molecule has 2 N–H and O–H groups in total. The quantitative estimate of drug-likeness (QED) is 0.746. The molecule has 4 nitrogen and oxygen atoms in total. The van der Waals surface area contributed by atoms with Gasteiger partial charge in [0.05, 0.1) is 12.8 Å². The summed E-state index contributed by atoms with van der Waals surface area (Å²) in [7, 11) is 1.66. The van der Waals surface area contributed by atoms with E-state index in [1.165, 1.54) is 0 Å². The van der Waals surface area contributed by atoms with Crippen molar-refractivity contribution in [2.45, 2.75) is 13.3 Å². The van der Waals surface area contributed by atoms with Crippen LogP contribution in [-0.2, 0) is 6.42 Å². The van der Waals surface area contributed by atoms with Crippen molar-refractivity contribution in [3.8, 4) is 17.0 Å². The lowest BCUT2D eigenvalue weighted by Crippen LogP contribution is -1.98. The zero-order valence-electron chi connectivity index (χ0n) is 12.1. The van der Waals surface area contributed by atoms with Crippen molar-refractivity contribution < 1.29 is 4.74 Å². The predicted octanol–water partition coefficient (Wildman–Crippen LogP) is 3.45. The van der Waals surface area contributed by atoms with Crippen LogP contribution in [0.25, 0.3) is 22.0 Å². The number of methoxy groups -OCH3 is 1. The summed E-state index contributed by atoms with van der Waals surface area (Å²) in [6, 6.07) is 13.7. The van der Waals surface area contributed by atoms with Gasteiger partial charge in [0.2, 0.25) is 0 Å². The number of hydrogen-bond acceptors (Lipinski definition) is 4. The molecule has 1 heterocycles. The molecule has 0 atom stereocenters. The first-order chi connectivity index (χ1) is 10.2. The second-order valence-corrected chi connectivity index (χ2v) is 4.89. The average Bonchev–Trinajstić information content (AvgIpc) is 2.53. The average molecular weight is 279 g/mol. The van der Waals surface area contributed by atoms with Gasteiger partial charge in [-0.3, -0.25) is 0 Å². The summed E-state index contributed by atoms with van der Waals surface area (Å²) in [6.07, 6.45) is 0.840. The third-order valence-electron chi connectivity index (χ3n) is 3.56. The monoisotopic (exact) mass is 279 g/mol. The number of aromatic nitrogens is 2. The molecule has 3 aromatic rings. The van der Waals surface area contributed by atoms with Crippen LogP contribution in [-0.4, -0.2) is 17.3 Å². The maximum Gasteiger partial charge on any atom is 0.119 e. The number of aryl methyl sites for hydroxylation is 1. The molecule has 0 spiro atoms. The minimum atomic E-state index is 0.713. The Morgan fingerprint density at radius 3 is 2.62 bits per heavy atom. The van der Waals surface area contributed by atoms with Crippen LogP contribution in [0.1, 0.15) is 12.6 Å². The number of hydrogen-bond donors (Lipinski definition) is 1. The second kappa shape index (κ2) is 5.40. The van der Waals surface area contributed by atoms with Crippen LogP contribution < -0.4 is 10.5 Å². The third kappa shape index (κ3) is 2.40. The highest BCUT2D eigenvalue weighted by molar-refractivity contribution is 5.96. The predicted molar refractivity (Wildman–Crippen MR) is 85.3 cm³/mol. The van der Waals surface area contributed by atoms with Crippen molar-refractivity contribution in [1.82, 2.24) is 10.2 Å². The van der Waals surface area contributed by atoms with Crippen LogP contribution in [0, 0.1) is 0 Å². The molecule has 0 amide bonds. The van der Waals surface area contributed by atoms with Crippen molar-refractivity contribution in [3.05, 3.63) is 48.2 Å². The molecule has 2 aromatic carbocycles. The first-order valence-corrected chi connectivity index (χ1v) is 6.92. The van der Waals surface area contributed by atoms with Crippen molar-refractivity contribution in [3.63, 3.8) is 0 Å². The summed E-state index contributed by atoms with van der Waals surface area (Å²) >= 11 is 0. The summed E-state index contributed by atoms with van der Waals surface area (Å²) in [4.78, 5) is 0. The Balaban J connectivity index is 2.32. The lowest BCUT2D eigenvalue weighted by molar-refractivity contribution is 0.415. The van der Waals surface area contributed by atoms with E-state index >= 15 is 0 Å². The summed E-state index contributed by atoms with van der Waals surface area (Å²) in [5, 5.41) is 10.9. The molecule has 0 aliphatic carbocycles. The second-order valence-electron chi connectivity index (χ2n) is 4.89. The number of nitrogen functional groups attached to an aromatic ring is 1. The molecule has 1 aromatic heterocycles. The van der Waals surface area contributed by atoms with Crippen LogP contribution in [0.15, 0.2) is 42.5 Å². The van der Waals surface area contributed by atoms with Gasteiger partial charge < -0.3 is 10.5 Å². The summed E-state index contributed by atoms with van der Waals surface area (Å²) < 4.78 is 5.34. The smallest absolute Gasteiger partial charge is 0.119 e. The largest absolute Gasteiger partial charge is 0.497 e. The van der Waals surface area contributed by atoms with Crippen LogP contribution >= 0.6 is 0 Å². The van der Waals surface area contributed by atoms with Gasteiger partial charge >= 0.3 is 0 Å². The fourth-order valence-corrected chi connectivity index (χ4v) is 2.48. The van der Waals surface area contributed by atoms with E-state index in [-0.39, 0.29) is 0 Å². The molecule has 0 aliphatic rings. The fraction of sp³-hybridized carbons (Fsp3) is 0.176. The normalized spacial score (nSPS) is 10.8. The molecule has 3 rings (SSSR count). The van der Waals surface area contributed by atoms with E-state index in [1.54, 1.807) is 7.11 Å². The third-order valence-corrected chi connectivity index (χ3v) is 3.56. The van der Waals surface area contributed by atoms with Gasteiger partial charge in [0, 0.05) is 22.0 Å². The van der Waals surface area contributed by atoms with E-state index in [4.69, 9.17) is 10.5 Å². The molecular weight excluding hydrogens is 262 g/mol. The minimum absolute atomic E-state index is 0.713. The van der Waals surface area contributed by atoms with Gasteiger partial charge in [0.25, 0.3) is 0 Å². The molecule has 0 saturated carbocycles. The van der Waals surface area contributed by atoms with E-state index in [1.807, 2.05) is 42.5 Å². The van der Waals surface area contributed by atoms with Gasteiger partial charge in [-0.2, -0.15) is 5.10 Å². The van der Waals surface area contributed by atoms with Crippen LogP contribution in [0.4, 0.5) is 5.69 Å². The maximum absolute atomic E-state index is 5.88. The lowest BCUT2D eigenvalue weighted by Gasteiger charge is -2.10. The van der Waals surface area contributed by atoms with Gasteiger partial charge in [-0.15, -0.1) is 5.10 Å². The number of ether oxygens (including phenoxy) is 1. The molecular formula is C17H17N3O. The first kappa shape index (κ1) is 13.4. The van der Waals surface area contributed by atoms with Gasteiger partial charge in [0.1, 0.15) is 11.4 Å². The van der Waals surface area contributed by atoms with Crippen LogP contribution in [0.2, 0.25) is 0 Å². The molecule has 0 radical (unpaired) electrons. The Hall–Kier alpha value is -2.62. The van der Waals surface area contributed by atoms with Crippen molar-refractivity contribution in [2.24, 2.45) is 0 Å². The molecule has 106 valence electrons. The molecule has 0 bridgehead atoms. The van der Waals surface area contributed by atoms with Gasteiger partial charge in [0.15, 0.2) is 0 Å². The van der Waals surface area contributed by atoms with Crippen LogP contribution in [0.3, 0.4) is 0 Å². The van der Waals surface area contributed by atoms with Gasteiger partial charge in [-0.25, -0.2) is 0 Å². The van der Waals surface area contributed by atoms with E-state index in [9.17, 15) is 0 Å². The van der Waals surface area contributed by atoms with Gasteiger partial charge in [-0.1, -0.05) is 19.1 Å². The Bertz CT molecular complexity index is 799. The highest BCUT2D eigenvalue weighted by Gasteiger charge is 2.11. The number of rotatable bonds is 3. The number of fused-ring (bicyclic) bond motifs is 1. The zero-order valence-corrected chi connectivity index (χ0v) is 12.1. The Labute approximate surface area is 123 Å². The lowest BCUT2D eigenvalue weighted by atomic mass is 10.0. The molecule has 21 heavy (non-hydrogen) atoms. The highest BCUT2D eigenvalue weighted by Crippen LogP contribution is 2.31. The Morgan fingerprint density at radius 1 is 1.05 bits per heavy atom. The summed E-state index contributed by atoms with van der Waals surface area (Å²) in [5.41, 5.74) is 9.37. The Kier molecular flexibility index (Phi) is 3.44. The van der Waals surface area contributed by atoms with Gasteiger partial charge in [-0.05, 0) is 36.8 Å². The van der Waals surface area contributed by atoms with E-state index in [0.717, 1.165) is 39.9 Å². The fourth-order valence-electron chi connectivity index (χ4n) is 2.48. The molecule has 0 fully saturated rings. The van der Waals surface area contributed by atoms with Crippen molar-refractivity contribution in [2.75, 3.05) is 12.8 Å². The number of anilines is 1. The molecule has 0 aliphatic heterocycles. The summed E-state index contributed by atoms with van der Waals surface area (Å²) in [5.74, 6) is 0.808. The van der Waals surface area contributed by atoms with Crippen molar-refractivity contribution in [1.29, 1.82) is 0 Å². The van der Waals surface area contributed by atoms with E-state index < -0.39 is 0 Å². The number of benzene rings is 2. The SMILES string of the molecule is CCc1nnc(-c2cccc(N)c2)c2cc(OC)ccc12. The number of nitrogens with zero attached hydrogens (tertiary/aromatic N) is 2. The van der Waals surface area contributed by atoms with E-state index in [2.05, 4.69) is 17.1 Å². The topological polar surface area (TPSA) is 61.0 Å². The summed E-state index contributed by atoms with van der Waals surface area (Å²) in [6.45, 7) is 2.08.